The van der Waals surface area contributed by atoms with Crippen LogP contribution in [0.2, 0.25) is 5.02 Å². The van der Waals surface area contributed by atoms with Crippen molar-refractivity contribution in [1.82, 2.24) is 0 Å². The summed E-state index contributed by atoms with van der Waals surface area (Å²) < 4.78 is 11.5. The van der Waals surface area contributed by atoms with Crippen LogP contribution < -0.4 is 9.64 Å². The molecule has 0 unspecified atom stereocenters. The molecule has 0 N–H and O–H groups in total. The van der Waals surface area contributed by atoms with E-state index in [2.05, 4.69) is 0 Å². The lowest BCUT2D eigenvalue weighted by Gasteiger charge is -2.14. The van der Waals surface area contributed by atoms with Gasteiger partial charge in [-0.3, -0.25) is 9.69 Å². The van der Waals surface area contributed by atoms with Crippen molar-refractivity contribution in [3.05, 3.63) is 75.8 Å². The number of amides is 1. The molecular formula is C22H16ClNO3S2. The third kappa shape index (κ3) is 3.96. The van der Waals surface area contributed by atoms with Gasteiger partial charge in [0, 0.05) is 16.7 Å². The zero-order valence-corrected chi connectivity index (χ0v) is 18.0. The number of thiocarbonyl (C=S) groups is 1. The Kier molecular flexibility index (Phi) is 5.50. The summed E-state index contributed by atoms with van der Waals surface area (Å²) in [5.41, 5.74) is 2.58. The van der Waals surface area contributed by atoms with Gasteiger partial charge in [-0.1, -0.05) is 47.7 Å². The maximum Gasteiger partial charge on any atom is 0.270 e. The highest BCUT2D eigenvalue weighted by Gasteiger charge is 2.33. The normalized spacial score (nSPS) is 15.4. The summed E-state index contributed by atoms with van der Waals surface area (Å²) in [7, 11) is 1.60. The summed E-state index contributed by atoms with van der Waals surface area (Å²) in [6.07, 6.45) is 1.71. The standard InChI is InChI=1S/C22H16ClNO3S2/c1-13-3-4-14(11-18(13)23)19-10-9-17(27-19)12-20-21(25)24(22(28)29-20)15-5-7-16(26-2)8-6-15/h3-12H,1-2H3/b20-12+. The third-order valence-corrected chi connectivity index (χ3v) is 6.19. The molecule has 0 bridgehead atoms. The molecule has 0 spiro atoms. The van der Waals surface area contributed by atoms with E-state index >= 15 is 0 Å². The number of anilines is 1. The molecule has 0 aliphatic carbocycles. The molecule has 0 saturated carbocycles. The van der Waals surface area contributed by atoms with Gasteiger partial charge in [0.25, 0.3) is 5.91 Å². The molecule has 2 heterocycles. The summed E-state index contributed by atoms with van der Waals surface area (Å²) >= 11 is 12.9. The highest BCUT2D eigenvalue weighted by Crippen LogP contribution is 2.37. The zero-order chi connectivity index (χ0) is 20.5. The summed E-state index contributed by atoms with van der Waals surface area (Å²) in [6.45, 7) is 1.95. The first kappa shape index (κ1) is 19.8. The lowest BCUT2D eigenvalue weighted by Crippen LogP contribution is -2.27. The Hall–Kier alpha value is -2.54. The van der Waals surface area contributed by atoms with Crippen molar-refractivity contribution in [3.63, 3.8) is 0 Å². The van der Waals surface area contributed by atoms with Gasteiger partial charge in [0.15, 0.2) is 4.32 Å². The molecule has 1 amide bonds. The fourth-order valence-electron chi connectivity index (χ4n) is 2.88. The molecule has 1 fully saturated rings. The van der Waals surface area contributed by atoms with Gasteiger partial charge in [-0.15, -0.1) is 0 Å². The molecule has 1 saturated heterocycles. The molecule has 1 aliphatic rings. The summed E-state index contributed by atoms with van der Waals surface area (Å²) in [4.78, 5) is 14.9. The fraction of sp³-hybridized carbons (Fsp3) is 0.0909. The number of ether oxygens (including phenoxy) is 1. The Labute approximate surface area is 183 Å². The fourth-order valence-corrected chi connectivity index (χ4v) is 4.34. The average Bonchev–Trinajstić information content (AvgIpc) is 3.29. The van der Waals surface area contributed by atoms with Crippen LogP contribution in [-0.2, 0) is 4.79 Å². The van der Waals surface area contributed by atoms with Crippen molar-refractivity contribution in [2.24, 2.45) is 0 Å². The summed E-state index contributed by atoms with van der Waals surface area (Å²) in [6, 6.07) is 16.6. The number of hydrogen-bond donors (Lipinski definition) is 0. The first-order chi connectivity index (χ1) is 14.0. The van der Waals surface area contributed by atoms with Crippen LogP contribution >= 0.6 is 35.6 Å². The van der Waals surface area contributed by atoms with Gasteiger partial charge in [-0.25, -0.2) is 0 Å². The maximum atomic E-state index is 12.9. The molecular weight excluding hydrogens is 426 g/mol. The number of thioether (sulfide) groups is 1. The van der Waals surface area contributed by atoms with Crippen molar-refractivity contribution in [3.8, 4) is 17.1 Å². The second-order valence-electron chi connectivity index (χ2n) is 6.38. The number of carbonyl (C=O) groups excluding carboxylic acids is 1. The van der Waals surface area contributed by atoms with E-state index in [9.17, 15) is 4.79 Å². The second-order valence-corrected chi connectivity index (χ2v) is 8.46. The molecule has 2 aromatic carbocycles. The highest BCUT2D eigenvalue weighted by atomic mass is 35.5. The van der Waals surface area contributed by atoms with E-state index in [1.165, 1.54) is 16.7 Å². The monoisotopic (exact) mass is 441 g/mol. The van der Waals surface area contributed by atoms with Crippen LogP contribution in [0.3, 0.4) is 0 Å². The van der Waals surface area contributed by atoms with E-state index in [-0.39, 0.29) is 5.91 Å². The number of rotatable bonds is 4. The Bertz CT molecular complexity index is 1140. The predicted octanol–water partition coefficient (Wildman–Crippen LogP) is 6.32. The zero-order valence-electron chi connectivity index (χ0n) is 15.6. The van der Waals surface area contributed by atoms with Crippen LogP contribution in [0.4, 0.5) is 5.69 Å². The van der Waals surface area contributed by atoms with Crippen LogP contribution in [0.15, 0.2) is 63.9 Å². The Balaban J connectivity index is 1.58. The van der Waals surface area contributed by atoms with Crippen LogP contribution in [-0.4, -0.2) is 17.3 Å². The molecule has 1 aliphatic heterocycles. The van der Waals surface area contributed by atoms with Gasteiger partial charge in [-0.05, 0) is 55.0 Å². The molecule has 1 aromatic heterocycles. The minimum atomic E-state index is -0.179. The van der Waals surface area contributed by atoms with Crippen molar-refractivity contribution in [2.75, 3.05) is 12.0 Å². The Morgan fingerprint density at radius 1 is 1.14 bits per heavy atom. The van der Waals surface area contributed by atoms with Gasteiger partial charge in [0.1, 0.15) is 17.3 Å². The lowest BCUT2D eigenvalue weighted by molar-refractivity contribution is -0.113. The smallest absolute Gasteiger partial charge is 0.270 e. The van der Waals surface area contributed by atoms with Gasteiger partial charge in [0.2, 0.25) is 0 Å². The van der Waals surface area contributed by atoms with Crippen LogP contribution in [0.25, 0.3) is 17.4 Å². The molecule has 146 valence electrons. The van der Waals surface area contributed by atoms with Crippen molar-refractivity contribution in [1.29, 1.82) is 0 Å². The largest absolute Gasteiger partial charge is 0.497 e. The molecule has 29 heavy (non-hydrogen) atoms. The van der Waals surface area contributed by atoms with Crippen LogP contribution in [0, 0.1) is 6.92 Å². The topological polar surface area (TPSA) is 42.7 Å². The molecule has 4 rings (SSSR count). The molecule has 4 nitrogen and oxygen atoms in total. The summed E-state index contributed by atoms with van der Waals surface area (Å²) in [5.74, 6) is 1.80. The van der Waals surface area contributed by atoms with Crippen LogP contribution in [0.1, 0.15) is 11.3 Å². The average molecular weight is 442 g/mol. The van der Waals surface area contributed by atoms with Crippen molar-refractivity contribution in [2.45, 2.75) is 6.92 Å². The van der Waals surface area contributed by atoms with E-state index in [4.69, 9.17) is 33.0 Å². The minimum Gasteiger partial charge on any atom is -0.497 e. The van der Waals surface area contributed by atoms with Gasteiger partial charge in [-0.2, -0.15) is 0 Å². The van der Waals surface area contributed by atoms with Crippen molar-refractivity contribution >= 4 is 57.6 Å². The second kappa shape index (κ2) is 8.06. The number of hydrogen-bond acceptors (Lipinski definition) is 5. The number of nitrogens with zero attached hydrogens (tertiary/aromatic N) is 1. The number of halogens is 1. The predicted molar refractivity (Wildman–Crippen MR) is 123 cm³/mol. The SMILES string of the molecule is COc1ccc(N2C(=O)/C(=C\c3ccc(-c4ccc(C)c(Cl)c4)o3)SC2=S)cc1. The number of furan rings is 1. The lowest BCUT2D eigenvalue weighted by atomic mass is 10.1. The first-order valence-electron chi connectivity index (χ1n) is 8.74. The van der Waals surface area contributed by atoms with E-state index in [1.54, 1.807) is 37.5 Å². The Morgan fingerprint density at radius 2 is 1.90 bits per heavy atom. The van der Waals surface area contributed by atoms with Crippen molar-refractivity contribution < 1.29 is 13.9 Å². The van der Waals surface area contributed by atoms with E-state index < -0.39 is 0 Å². The number of benzene rings is 2. The quantitative estimate of drug-likeness (QED) is 0.350. The Morgan fingerprint density at radius 3 is 2.59 bits per heavy atom. The highest BCUT2D eigenvalue weighted by molar-refractivity contribution is 8.27. The summed E-state index contributed by atoms with van der Waals surface area (Å²) in [5, 5.41) is 0.681. The number of methoxy groups -OCH3 is 1. The van der Waals surface area contributed by atoms with Gasteiger partial charge in [0.05, 0.1) is 17.7 Å². The number of aryl methyl sites for hydroxylation is 1. The third-order valence-electron chi connectivity index (χ3n) is 4.48. The van der Waals surface area contributed by atoms with Gasteiger partial charge >= 0.3 is 0 Å². The molecule has 0 atom stereocenters. The molecule has 7 heteroatoms. The maximum absolute atomic E-state index is 12.9. The minimum absolute atomic E-state index is 0.179. The van der Waals surface area contributed by atoms with E-state index in [0.717, 1.165) is 11.1 Å². The molecule has 0 radical (unpaired) electrons. The first-order valence-corrected chi connectivity index (χ1v) is 10.3. The van der Waals surface area contributed by atoms with E-state index in [1.807, 2.05) is 37.3 Å². The molecule has 3 aromatic rings. The number of carbonyl (C=O) groups is 1. The van der Waals surface area contributed by atoms with Gasteiger partial charge < -0.3 is 9.15 Å². The van der Waals surface area contributed by atoms with Crippen LogP contribution in [0.5, 0.6) is 5.75 Å². The van der Waals surface area contributed by atoms with E-state index in [0.29, 0.717) is 37.2 Å².